The summed E-state index contributed by atoms with van der Waals surface area (Å²) in [5.41, 5.74) is 8.94. The summed E-state index contributed by atoms with van der Waals surface area (Å²) in [6.45, 7) is 4.23. The molecule has 3 aromatic carbocycles. The molecule has 8 amide bonds. The Balaban J connectivity index is 1.10. The number of nitrogens with two attached hydrogens (primary N) is 1. The van der Waals surface area contributed by atoms with Gasteiger partial charge in [0.1, 0.15) is 41.7 Å². The van der Waals surface area contributed by atoms with Gasteiger partial charge in [-0.1, -0.05) is 55.2 Å². The summed E-state index contributed by atoms with van der Waals surface area (Å²) in [5, 5.41) is 25.7. The zero-order chi connectivity index (χ0) is 52.4. The van der Waals surface area contributed by atoms with Crippen LogP contribution in [0, 0.1) is 18.0 Å². The van der Waals surface area contributed by atoms with Gasteiger partial charge in [0.25, 0.3) is 17.7 Å². The Bertz CT molecular complexity index is 2640. The highest BCUT2D eigenvalue weighted by molar-refractivity contribution is 14.1. The number of aromatic amines is 1. The fourth-order valence-corrected chi connectivity index (χ4v) is 8.81. The number of anilines is 3. The average Bonchev–Trinajstić information content (AvgIpc) is 3.82. The third kappa shape index (κ3) is 16.8. The maximum Gasteiger partial charge on any atom is 0.410 e. The normalized spacial score (nSPS) is 14.1. The first-order chi connectivity index (χ1) is 34.4. The number of amides is 8. The molecule has 1 aromatic heterocycles. The van der Waals surface area contributed by atoms with E-state index >= 15 is 0 Å². The van der Waals surface area contributed by atoms with Crippen molar-refractivity contribution in [2.24, 2.45) is 11.7 Å². The second-order valence-electron chi connectivity index (χ2n) is 16.4. The van der Waals surface area contributed by atoms with Crippen LogP contribution in [0.3, 0.4) is 0 Å². The number of primary amides is 1. The van der Waals surface area contributed by atoms with Gasteiger partial charge in [-0.3, -0.25) is 33.6 Å². The predicted octanol–water partition coefficient (Wildman–Crippen LogP) is 6.41. The highest BCUT2D eigenvalue weighted by atomic mass is 127. The molecule has 3 atom stereocenters. The molecule has 1 unspecified atom stereocenters. The Kier molecular flexibility index (Phi) is 21.5. The standard InChI is InChI=1S/C46H53Cl2IN11O11P/c1-4-72(68,71-24-23-70-49)59-32-16-12-29(13-17-32)40(61)57-38(27(2)3)43(64)55-35(9-6-20-51-45(50)66)41(62)53-30-14-10-28(11-15-30)26-69-46(67)60-21-18-31(19-22-60)54-44(65)39-36(25-52-58-39)56-42(63)37-33(47)7-5-8-34(37)48/h1,5,7-8,10-17,25,27,31,35,38H,6,9,18-24,26H2,2-3H3,(H,52,58)(H,53,62)(H,54,65)(H,55,64)(H,56,63)(H,57,61)(H,59,68)(H3,50,51,66)/t35-,38-,72?/m0/s1. The molecular formula is C46H53Cl2IN11O11P. The first-order valence-electron chi connectivity index (χ1n) is 22.3. The molecule has 10 N–H and O–H groups in total. The van der Waals surface area contributed by atoms with Gasteiger partial charge in [0.05, 0.1) is 34.5 Å². The molecule has 72 heavy (non-hydrogen) atoms. The summed E-state index contributed by atoms with van der Waals surface area (Å²) in [6.07, 6.45) is 7.42. The molecule has 1 aliphatic heterocycles. The van der Waals surface area contributed by atoms with Crippen molar-refractivity contribution in [3.63, 3.8) is 0 Å². The average molecular weight is 1160 g/mol. The number of likely N-dealkylation sites (tertiary alicyclic amines) is 1. The van der Waals surface area contributed by atoms with E-state index in [-0.39, 0.29) is 77.8 Å². The van der Waals surface area contributed by atoms with Crippen LogP contribution < -0.4 is 42.7 Å². The lowest BCUT2D eigenvalue weighted by atomic mass is 10.0. The van der Waals surface area contributed by atoms with Gasteiger partial charge in [0.15, 0.2) is 5.69 Å². The Morgan fingerprint density at radius 1 is 0.903 bits per heavy atom. The van der Waals surface area contributed by atoms with Crippen LogP contribution in [-0.4, -0.2) is 108 Å². The molecule has 4 aromatic rings. The molecule has 1 fully saturated rings. The van der Waals surface area contributed by atoms with Crippen molar-refractivity contribution in [2.75, 3.05) is 48.6 Å². The minimum absolute atomic E-state index is 0.0128. The molecule has 1 aliphatic rings. The SMILES string of the molecule is C#CP(=O)(Nc1ccc(C(=O)N[C@H](C(=O)N[C@@H](CCCNC(N)=O)C(=O)Nc2ccc(COC(=O)N3CCC(NC(=O)c4n[nH]cc4NC(=O)c4c(Cl)cccc4Cl)CC3)cc2)C(C)C)cc1)OCCOI. The van der Waals surface area contributed by atoms with Gasteiger partial charge in [-0.2, -0.15) is 5.10 Å². The number of terminal acetylenes is 1. The zero-order valence-electron chi connectivity index (χ0n) is 38.9. The summed E-state index contributed by atoms with van der Waals surface area (Å²) in [6, 6.07) is 13.8. The Hall–Kier alpha value is -6.42. The van der Waals surface area contributed by atoms with Gasteiger partial charge < -0.3 is 59.9 Å². The van der Waals surface area contributed by atoms with Crippen LogP contribution in [0.2, 0.25) is 10.0 Å². The van der Waals surface area contributed by atoms with Crippen LogP contribution in [-0.2, 0) is 33.1 Å². The quantitative estimate of drug-likeness (QED) is 0.0168. The van der Waals surface area contributed by atoms with Crippen molar-refractivity contribution >= 4 is 112 Å². The van der Waals surface area contributed by atoms with Gasteiger partial charge in [-0.25, -0.2) is 9.59 Å². The molecule has 384 valence electrons. The topological polar surface area (TPSA) is 306 Å². The first kappa shape index (κ1) is 56.5. The number of carbonyl (C=O) groups is 7. The molecule has 0 saturated carbocycles. The number of hydrogen-bond acceptors (Lipinski definition) is 12. The minimum atomic E-state index is -3.69. The van der Waals surface area contributed by atoms with Gasteiger partial charge >= 0.3 is 19.6 Å². The second-order valence-corrected chi connectivity index (χ2v) is 19.7. The largest absolute Gasteiger partial charge is 0.445 e. The number of piperidine rings is 1. The first-order valence-corrected chi connectivity index (χ1v) is 25.6. The summed E-state index contributed by atoms with van der Waals surface area (Å²) in [7, 11) is -3.69. The van der Waals surface area contributed by atoms with E-state index in [1.807, 2.05) is 0 Å². The van der Waals surface area contributed by atoms with E-state index in [2.05, 4.69) is 52.8 Å². The number of carbonyl (C=O) groups excluding carboxylic acids is 7. The molecule has 5 rings (SSSR count). The van der Waals surface area contributed by atoms with Gasteiger partial charge in [-0.15, -0.1) is 6.42 Å². The van der Waals surface area contributed by atoms with E-state index < -0.39 is 67.2 Å². The lowest BCUT2D eigenvalue weighted by Gasteiger charge is -2.31. The second kappa shape index (κ2) is 27.4. The smallest absolute Gasteiger partial charge is 0.410 e. The van der Waals surface area contributed by atoms with Crippen LogP contribution in [0.4, 0.5) is 26.7 Å². The lowest BCUT2D eigenvalue weighted by molar-refractivity contribution is -0.128. The number of hydrogen-bond donors (Lipinski definition) is 9. The predicted molar refractivity (Wildman–Crippen MR) is 278 cm³/mol. The number of H-pyrrole nitrogens is 1. The van der Waals surface area contributed by atoms with Crippen LogP contribution in [0.15, 0.2) is 72.9 Å². The number of rotatable bonds is 23. The highest BCUT2D eigenvalue weighted by Gasteiger charge is 2.31. The van der Waals surface area contributed by atoms with Crippen LogP contribution >= 0.6 is 53.7 Å². The molecule has 0 spiro atoms. The Morgan fingerprint density at radius 2 is 1.57 bits per heavy atom. The number of nitrogens with one attached hydrogen (secondary N) is 8. The van der Waals surface area contributed by atoms with Gasteiger partial charge in [0, 0.05) is 54.5 Å². The van der Waals surface area contributed by atoms with Crippen molar-refractivity contribution < 1.29 is 50.5 Å². The summed E-state index contributed by atoms with van der Waals surface area (Å²) in [5.74, 6) is -3.39. The Labute approximate surface area is 438 Å². The van der Waals surface area contributed by atoms with E-state index in [4.69, 9.17) is 47.7 Å². The maximum atomic E-state index is 13.7. The molecular weight excluding hydrogens is 1110 g/mol. The monoisotopic (exact) mass is 1160 g/mol. The third-order valence-corrected chi connectivity index (χ3v) is 13.3. The number of aromatic nitrogens is 2. The van der Waals surface area contributed by atoms with E-state index in [1.165, 1.54) is 47.5 Å². The van der Waals surface area contributed by atoms with Gasteiger partial charge in [-0.05, 0) is 85.7 Å². The summed E-state index contributed by atoms with van der Waals surface area (Å²) < 4.78 is 28.6. The van der Waals surface area contributed by atoms with Crippen molar-refractivity contribution in [2.45, 2.75) is 64.3 Å². The van der Waals surface area contributed by atoms with Crippen LogP contribution in [0.1, 0.15) is 76.3 Å². The Morgan fingerprint density at radius 3 is 2.19 bits per heavy atom. The third-order valence-electron chi connectivity index (χ3n) is 10.8. The summed E-state index contributed by atoms with van der Waals surface area (Å²) in [4.78, 5) is 92.6. The van der Waals surface area contributed by atoms with Crippen molar-refractivity contribution in [1.82, 2.24) is 36.4 Å². The number of benzene rings is 3. The number of halogens is 3. The molecule has 1 saturated heterocycles. The number of urea groups is 1. The summed E-state index contributed by atoms with van der Waals surface area (Å²) >= 11 is 14.0. The molecule has 0 radical (unpaired) electrons. The van der Waals surface area contributed by atoms with Crippen LogP contribution in [0.25, 0.3) is 0 Å². The number of nitrogens with zero attached hydrogens (tertiary/aromatic N) is 2. The molecule has 2 heterocycles. The van der Waals surface area contributed by atoms with E-state index in [1.54, 1.807) is 67.2 Å². The van der Waals surface area contributed by atoms with E-state index in [9.17, 15) is 38.1 Å². The maximum absolute atomic E-state index is 13.7. The fraction of sp³-hybridized carbons (Fsp3) is 0.348. The van der Waals surface area contributed by atoms with Gasteiger partial charge in [0.2, 0.25) is 11.8 Å². The lowest BCUT2D eigenvalue weighted by Crippen LogP contribution is -2.54. The van der Waals surface area contributed by atoms with Crippen LogP contribution in [0.5, 0.6) is 0 Å². The molecule has 22 nitrogen and oxygen atoms in total. The van der Waals surface area contributed by atoms with E-state index in [0.29, 0.717) is 42.9 Å². The minimum Gasteiger partial charge on any atom is -0.445 e. The molecule has 0 bridgehead atoms. The highest BCUT2D eigenvalue weighted by Crippen LogP contribution is 2.45. The fourth-order valence-electron chi connectivity index (χ4n) is 7.04. The van der Waals surface area contributed by atoms with Crippen molar-refractivity contribution in [3.05, 3.63) is 105 Å². The zero-order valence-corrected chi connectivity index (χ0v) is 43.5. The van der Waals surface area contributed by atoms with E-state index in [0.717, 1.165) is 0 Å². The number of ether oxygens (including phenoxy) is 1. The van der Waals surface area contributed by atoms with Crippen molar-refractivity contribution in [1.29, 1.82) is 0 Å². The molecule has 26 heteroatoms. The molecule has 0 aliphatic carbocycles. The van der Waals surface area contributed by atoms with Crippen molar-refractivity contribution in [3.8, 4) is 12.1 Å².